The van der Waals surface area contributed by atoms with E-state index < -0.39 is 0 Å². The average molecular weight is 343 g/mol. The Morgan fingerprint density at radius 2 is 1.56 bits per heavy atom. The van der Waals surface area contributed by atoms with E-state index in [2.05, 4.69) is 35.9 Å². The topological polar surface area (TPSA) is 83.4 Å². The lowest BCUT2D eigenvalue weighted by molar-refractivity contribution is 0.240. The molecule has 0 saturated heterocycles. The lowest BCUT2D eigenvalue weighted by Crippen LogP contribution is -2.09. The Morgan fingerprint density at radius 3 is 2.04 bits per heavy atom. The van der Waals surface area contributed by atoms with Crippen molar-refractivity contribution >= 4 is 0 Å². The van der Waals surface area contributed by atoms with Crippen LogP contribution in [0, 0.1) is 6.92 Å². The Hall–Kier alpha value is -2.83. The van der Waals surface area contributed by atoms with Crippen molar-refractivity contribution in [2.45, 2.75) is 46.3 Å². The van der Waals surface area contributed by atoms with E-state index in [9.17, 15) is 0 Å². The van der Waals surface area contributed by atoms with E-state index in [1.165, 1.54) is 0 Å². The zero-order valence-corrected chi connectivity index (χ0v) is 14.8. The van der Waals surface area contributed by atoms with Crippen LogP contribution < -0.4 is 9.47 Å². The third-order valence-corrected chi connectivity index (χ3v) is 3.41. The lowest BCUT2D eigenvalue weighted by atomic mass is 9.94. The number of benzene rings is 1. The number of aryl methyl sites for hydroxylation is 1. The molecule has 2 aromatic heterocycles. The van der Waals surface area contributed by atoms with Crippen LogP contribution in [0.1, 0.15) is 44.1 Å². The van der Waals surface area contributed by atoms with E-state index in [1.807, 2.05) is 24.3 Å². The average Bonchev–Trinajstić information content (AvgIpc) is 3.20. The van der Waals surface area contributed by atoms with Crippen LogP contribution in [0.3, 0.4) is 0 Å². The Labute approximate surface area is 146 Å². The van der Waals surface area contributed by atoms with E-state index in [0.717, 1.165) is 5.76 Å². The van der Waals surface area contributed by atoms with Crippen LogP contribution in [0.2, 0.25) is 0 Å². The molecule has 0 bridgehead atoms. The van der Waals surface area contributed by atoms with Crippen LogP contribution in [-0.2, 0) is 18.6 Å². The maximum atomic E-state index is 5.70. The van der Waals surface area contributed by atoms with Gasteiger partial charge in [-0.25, -0.2) is 4.98 Å². The van der Waals surface area contributed by atoms with Gasteiger partial charge in [0.25, 0.3) is 5.89 Å². The summed E-state index contributed by atoms with van der Waals surface area (Å²) in [7, 11) is 0. The fourth-order valence-electron chi connectivity index (χ4n) is 2.04. The molecule has 0 fully saturated rings. The summed E-state index contributed by atoms with van der Waals surface area (Å²) >= 11 is 0. The highest BCUT2D eigenvalue weighted by molar-refractivity contribution is 5.31. The molecule has 0 atom stereocenters. The molecule has 25 heavy (non-hydrogen) atoms. The van der Waals surface area contributed by atoms with E-state index in [4.69, 9.17) is 18.4 Å². The smallest absolute Gasteiger partial charge is 0.264 e. The third kappa shape index (κ3) is 4.59. The molecular weight excluding hydrogens is 322 g/mol. The summed E-state index contributed by atoms with van der Waals surface area (Å²) in [6.45, 7) is 8.49. The predicted molar refractivity (Wildman–Crippen MR) is 89.3 cm³/mol. The summed E-state index contributed by atoms with van der Waals surface area (Å²) in [4.78, 5) is 8.32. The number of hydrogen-bond donors (Lipinski definition) is 0. The zero-order valence-electron chi connectivity index (χ0n) is 14.8. The predicted octanol–water partition coefficient (Wildman–Crippen LogP) is 3.82. The summed E-state index contributed by atoms with van der Waals surface area (Å²) in [6, 6.07) is 7.27. The SMILES string of the molecule is Cc1noc(COc2ccc(OCc3ncc(C(C)(C)C)o3)cc2)n1. The highest BCUT2D eigenvalue weighted by Gasteiger charge is 2.19. The fourth-order valence-corrected chi connectivity index (χ4v) is 2.04. The minimum absolute atomic E-state index is 0.0683. The van der Waals surface area contributed by atoms with Gasteiger partial charge in [-0.1, -0.05) is 25.9 Å². The van der Waals surface area contributed by atoms with Crippen molar-refractivity contribution in [3.8, 4) is 11.5 Å². The van der Waals surface area contributed by atoms with Crippen LogP contribution in [0.25, 0.3) is 0 Å². The first-order valence-corrected chi connectivity index (χ1v) is 8.00. The summed E-state index contributed by atoms with van der Waals surface area (Å²) in [5.74, 6) is 3.81. The highest BCUT2D eigenvalue weighted by Crippen LogP contribution is 2.24. The maximum Gasteiger partial charge on any atom is 0.264 e. The maximum absolute atomic E-state index is 5.70. The fraction of sp³-hybridized carbons (Fsp3) is 0.389. The van der Waals surface area contributed by atoms with Crippen LogP contribution in [0.15, 0.2) is 39.4 Å². The van der Waals surface area contributed by atoms with Gasteiger partial charge in [-0.15, -0.1) is 0 Å². The second-order valence-corrected chi connectivity index (χ2v) is 6.65. The molecule has 132 valence electrons. The van der Waals surface area contributed by atoms with Crippen molar-refractivity contribution in [2.75, 3.05) is 0 Å². The molecular formula is C18H21N3O4. The summed E-state index contributed by atoms with van der Waals surface area (Å²) in [5, 5.41) is 3.71. The van der Waals surface area contributed by atoms with Gasteiger partial charge in [0.2, 0.25) is 5.89 Å². The number of aromatic nitrogens is 3. The van der Waals surface area contributed by atoms with E-state index in [1.54, 1.807) is 13.1 Å². The molecule has 3 aromatic rings. The second kappa shape index (κ2) is 6.96. The molecule has 0 spiro atoms. The van der Waals surface area contributed by atoms with Crippen LogP contribution >= 0.6 is 0 Å². The van der Waals surface area contributed by atoms with E-state index >= 15 is 0 Å². The molecule has 0 saturated carbocycles. The van der Waals surface area contributed by atoms with Gasteiger partial charge in [-0.2, -0.15) is 4.98 Å². The van der Waals surface area contributed by atoms with Gasteiger partial charge in [0.05, 0.1) is 6.20 Å². The monoisotopic (exact) mass is 343 g/mol. The number of ether oxygens (including phenoxy) is 2. The molecule has 7 heteroatoms. The highest BCUT2D eigenvalue weighted by atomic mass is 16.5. The molecule has 0 amide bonds. The molecule has 7 nitrogen and oxygen atoms in total. The minimum Gasteiger partial charge on any atom is -0.484 e. The van der Waals surface area contributed by atoms with Crippen molar-refractivity contribution in [2.24, 2.45) is 0 Å². The zero-order chi connectivity index (χ0) is 17.9. The normalized spacial score (nSPS) is 11.5. The van der Waals surface area contributed by atoms with Gasteiger partial charge in [-0.3, -0.25) is 0 Å². The molecule has 0 aliphatic rings. The second-order valence-electron chi connectivity index (χ2n) is 6.65. The molecule has 3 rings (SSSR count). The largest absolute Gasteiger partial charge is 0.484 e. The van der Waals surface area contributed by atoms with Gasteiger partial charge >= 0.3 is 0 Å². The molecule has 2 heterocycles. The van der Waals surface area contributed by atoms with Crippen molar-refractivity contribution in [3.05, 3.63) is 53.8 Å². The van der Waals surface area contributed by atoms with E-state index in [0.29, 0.717) is 29.1 Å². The number of oxazole rings is 1. The molecule has 0 aliphatic heterocycles. The Balaban J connectivity index is 1.51. The minimum atomic E-state index is -0.0683. The number of nitrogens with zero attached hydrogens (tertiary/aromatic N) is 3. The molecule has 1 aromatic carbocycles. The van der Waals surface area contributed by atoms with Crippen molar-refractivity contribution in [1.82, 2.24) is 15.1 Å². The lowest BCUT2D eigenvalue weighted by Gasteiger charge is -2.13. The van der Waals surface area contributed by atoms with Gasteiger partial charge < -0.3 is 18.4 Å². The summed E-state index contributed by atoms with van der Waals surface area (Å²) in [6.07, 6.45) is 1.74. The van der Waals surface area contributed by atoms with Crippen molar-refractivity contribution in [1.29, 1.82) is 0 Å². The van der Waals surface area contributed by atoms with Gasteiger partial charge in [0.1, 0.15) is 17.3 Å². The molecule has 0 unspecified atom stereocenters. The summed E-state index contributed by atoms with van der Waals surface area (Å²) in [5.41, 5.74) is -0.0683. The summed E-state index contributed by atoms with van der Waals surface area (Å²) < 4.78 is 22.0. The molecule has 0 N–H and O–H groups in total. The van der Waals surface area contributed by atoms with E-state index in [-0.39, 0.29) is 18.6 Å². The third-order valence-electron chi connectivity index (χ3n) is 3.41. The first-order chi connectivity index (χ1) is 11.9. The standard InChI is InChI=1S/C18H21N3O4/c1-12-20-17(25-21-12)11-23-14-7-5-13(6-8-14)22-10-16-19-9-15(24-16)18(2,3)4/h5-9H,10-11H2,1-4H3. The van der Waals surface area contributed by atoms with Gasteiger partial charge in [0.15, 0.2) is 19.0 Å². The quantitative estimate of drug-likeness (QED) is 0.672. The molecule has 0 aliphatic carbocycles. The first kappa shape index (κ1) is 17.0. The van der Waals surface area contributed by atoms with Crippen LogP contribution in [-0.4, -0.2) is 15.1 Å². The van der Waals surface area contributed by atoms with Gasteiger partial charge in [0, 0.05) is 5.41 Å². The Kier molecular flexibility index (Phi) is 4.74. The Morgan fingerprint density at radius 1 is 0.960 bits per heavy atom. The van der Waals surface area contributed by atoms with Crippen molar-refractivity contribution in [3.63, 3.8) is 0 Å². The van der Waals surface area contributed by atoms with Crippen LogP contribution in [0.4, 0.5) is 0 Å². The molecule has 0 radical (unpaired) electrons. The van der Waals surface area contributed by atoms with Crippen LogP contribution in [0.5, 0.6) is 11.5 Å². The first-order valence-electron chi connectivity index (χ1n) is 8.00. The number of rotatable bonds is 6. The van der Waals surface area contributed by atoms with Gasteiger partial charge in [-0.05, 0) is 31.2 Å². The Bertz CT molecular complexity index is 815. The van der Waals surface area contributed by atoms with Crippen molar-refractivity contribution < 1.29 is 18.4 Å². The number of hydrogen-bond acceptors (Lipinski definition) is 7.